The summed E-state index contributed by atoms with van der Waals surface area (Å²) in [6.07, 6.45) is 7.71. The summed E-state index contributed by atoms with van der Waals surface area (Å²) in [5, 5.41) is 0.974. The van der Waals surface area contributed by atoms with Crippen molar-refractivity contribution in [3.05, 3.63) is 46.6 Å². The number of methoxy groups -OCH3 is 1. The van der Waals surface area contributed by atoms with Gasteiger partial charge in [-0.3, -0.25) is 14.5 Å². The van der Waals surface area contributed by atoms with Gasteiger partial charge in [-0.2, -0.15) is 0 Å². The minimum Gasteiger partial charge on any atom is -0.496 e. The normalized spacial score (nSPS) is 13.5. The quantitative estimate of drug-likeness (QED) is 0.293. The Balaban J connectivity index is 1.60. The lowest BCUT2D eigenvalue weighted by molar-refractivity contribution is -0.143. The molecule has 0 unspecified atom stereocenters. The monoisotopic (exact) mass is 584 g/mol. The fourth-order valence-electron chi connectivity index (χ4n) is 4.84. The summed E-state index contributed by atoms with van der Waals surface area (Å²) in [7, 11) is 1.72. The van der Waals surface area contributed by atoms with E-state index in [9.17, 15) is 14.4 Å². The number of benzene rings is 1. The number of carbonyl (C=O) groups is 3. The Kier molecular flexibility index (Phi) is 11.3. The molecule has 9 nitrogen and oxygen atoms in total. The second-order valence-electron chi connectivity index (χ2n) is 11.2. The lowest BCUT2D eigenvalue weighted by atomic mass is 9.84. The second-order valence-corrected chi connectivity index (χ2v) is 12.3. The van der Waals surface area contributed by atoms with E-state index in [-0.39, 0.29) is 37.0 Å². The highest BCUT2D eigenvalue weighted by molar-refractivity contribution is 7.15. The molecule has 0 atom stereocenters. The first kappa shape index (κ1) is 32.1. The molecule has 0 radical (unpaired) electrons. The van der Waals surface area contributed by atoms with Gasteiger partial charge in [0, 0.05) is 48.0 Å². The van der Waals surface area contributed by atoms with Crippen LogP contribution >= 0.6 is 11.3 Å². The zero-order valence-electron chi connectivity index (χ0n) is 25.5. The Morgan fingerprint density at radius 2 is 1.90 bits per heavy atom. The van der Waals surface area contributed by atoms with Gasteiger partial charge in [-0.25, -0.2) is 9.78 Å². The molecule has 0 saturated heterocycles. The van der Waals surface area contributed by atoms with E-state index >= 15 is 0 Å². The average molecular weight is 585 g/mol. The Morgan fingerprint density at radius 1 is 1.15 bits per heavy atom. The molecule has 2 heterocycles. The van der Waals surface area contributed by atoms with Crippen LogP contribution in [0, 0.1) is 6.92 Å². The first-order chi connectivity index (χ1) is 19.5. The van der Waals surface area contributed by atoms with Crippen LogP contribution in [0.4, 0.5) is 4.79 Å². The van der Waals surface area contributed by atoms with E-state index in [1.807, 2.05) is 18.0 Å². The predicted molar refractivity (Wildman–Crippen MR) is 162 cm³/mol. The van der Waals surface area contributed by atoms with Gasteiger partial charge in [-0.1, -0.05) is 27.7 Å². The molecule has 1 aliphatic heterocycles. The number of esters is 1. The highest BCUT2D eigenvalue weighted by Gasteiger charge is 2.28. The van der Waals surface area contributed by atoms with Gasteiger partial charge in [0.1, 0.15) is 23.8 Å². The maximum atomic E-state index is 13.2. The van der Waals surface area contributed by atoms with Crippen LogP contribution in [0.25, 0.3) is 10.6 Å². The molecular formula is C31H44N4O5S. The predicted octanol–water partition coefficient (Wildman–Crippen LogP) is 5.41. The fraction of sp³-hybridized carbons (Fsp3) is 0.548. The van der Waals surface area contributed by atoms with Gasteiger partial charge >= 0.3 is 12.0 Å². The molecule has 0 bridgehead atoms. The van der Waals surface area contributed by atoms with Crippen molar-refractivity contribution in [1.82, 2.24) is 19.7 Å². The van der Waals surface area contributed by atoms with E-state index in [2.05, 4.69) is 39.8 Å². The van der Waals surface area contributed by atoms with Crippen LogP contribution in [0.15, 0.2) is 30.6 Å². The molecule has 3 amide bonds. The number of hydrogen-bond acceptors (Lipinski definition) is 7. The van der Waals surface area contributed by atoms with Crippen molar-refractivity contribution in [2.24, 2.45) is 0 Å². The number of carbonyl (C=O) groups excluding carboxylic acids is 3. The topological polar surface area (TPSA) is 92.3 Å². The number of aryl methyl sites for hydroxylation is 2. The molecule has 1 aliphatic rings. The third kappa shape index (κ3) is 8.55. The number of ether oxygens (including phenoxy) is 2. The highest BCUT2D eigenvalue weighted by Crippen LogP contribution is 2.38. The van der Waals surface area contributed by atoms with Gasteiger partial charge in [0.15, 0.2) is 0 Å². The molecule has 2 aromatic rings. The Labute approximate surface area is 248 Å². The molecule has 0 saturated carbocycles. The SMILES string of the molecule is CCCN(CCCc1cnc(-c2cc(C)c(OC)c(C(C)(C)C)c2)s1)C(=O)CN1CC=CN(CC(=O)OCC)C1=O. The summed E-state index contributed by atoms with van der Waals surface area (Å²) in [4.78, 5) is 48.3. The van der Waals surface area contributed by atoms with Crippen LogP contribution in [0.2, 0.25) is 0 Å². The first-order valence-electron chi connectivity index (χ1n) is 14.3. The molecular weight excluding hydrogens is 540 g/mol. The van der Waals surface area contributed by atoms with Gasteiger partial charge in [0.05, 0.1) is 13.7 Å². The summed E-state index contributed by atoms with van der Waals surface area (Å²) >= 11 is 1.68. The maximum absolute atomic E-state index is 13.2. The van der Waals surface area contributed by atoms with Crippen LogP contribution < -0.4 is 4.74 Å². The van der Waals surface area contributed by atoms with Gasteiger partial charge in [0.2, 0.25) is 5.91 Å². The van der Waals surface area contributed by atoms with Crippen LogP contribution in [0.5, 0.6) is 5.75 Å². The van der Waals surface area contributed by atoms with E-state index < -0.39 is 5.97 Å². The van der Waals surface area contributed by atoms with E-state index in [4.69, 9.17) is 14.5 Å². The summed E-state index contributed by atoms with van der Waals surface area (Å²) in [5.41, 5.74) is 3.28. The van der Waals surface area contributed by atoms with Crippen LogP contribution in [-0.4, -0.2) is 84.0 Å². The van der Waals surface area contributed by atoms with Gasteiger partial charge < -0.3 is 19.3 Å². The summed E-state index contributed by atoms with van der Waals surface area (Å²) in [6.45, 7) is 14.0. The van der Waals surface area contributed by atoms with Crippen LogP contribution in [0.1, 0.15) is 63.5 Å². The molecule has 10 heteroatoms. The Bertz CT molecular complexity index is 1250. The number of hydrogen-bond donors (Lipinski definition) is 0. The number of aromatic nitrogens is 1. The third-order valence-electron chi connectivity index (χ3n) is 6.84. The van der Waals surface area contributed by atoms with Crippen LogP contribution in [0.3, 0.4) is 0 Å². The average Bonchev–Trinajstić information content (AvgIpc) is 3.38. The molecule has 0 aliphatic carbocycles. The zero-order valence-corrected chi connectivity index (χ0v) is 26.3. The minimum atomic E-state index is -0.478. The zero-order chi connectivity index (χ0) is 30.2. The summed E-state index contributed by atoms with van der Waals surface area (Å²) < 4.78 is 10.7. The number of rotatable bonds is 13. The molecule has 0 N–H and O–H groups in total. The molecule has 41 heavy (non-hydrogen) atoms. The number of nitrogens with zero attached hydrogens (tertiary/aromatic N) is 4. The number of amides is 3. The van der Waals surface area contributed by atoms with Gasteiger partial charge in [0.25, 0.3) is 0 Å². The Morgan fingerprint density at radius 3 is 2.56 bits per heavy atom. The third-order valence-corrected chi connectivity index (χ3v) is 7.95. The van der Waals surface area contributed by atoms with E-state index in [1.54, 1.807) is 37.6 Å². The maximum Gasteiger partial charge on any atom is 0.326 e. The van der Waals surface area contributed by atoms with Crippen molar-refractivity contribution < 1.29 is 23.9 Å². The van der Waals surface area contributed by atoms with Crippen molar-refractivity contribution in [3.63, 3.8) is 0 Å². The fourth-order valence-corrected chi connectivity index (χ4v) is 5.79. The van der Waals surface area contributed by atoms with Crippen molar-refractivity contribution in [2.45, 2.75) is 66.2 Å². The van der Waals surface area contributed by atoms with Gasteiger partial charge in [-0.05, 0) is 62.3 Å². The molecule has 0 spiro atoms. The lowest BCUT2D eigenvalue weighted by Crippen LogP contribution is -2.50. The molecule has 0 fully saturated rings. The van der Waals surface area contributed by atoms with E-state index in [1.165, 1.54) is 14.7 Å². The number of urea groups is 1. The largest absolute Gasteiger partial charge is 0.496 e. The van der Waals surface area contributed by atoms with Crippen molar-refractivity contribution in [3.8, 4) is 16.3 Å². The molecule has 1 aromatic heterocycles. The van der Waals surface area contributed by atoms with Crippen molar-refractivity contribution in [2.75, 3.05) is 46.4 Å². The Hall–Kier alpha value is -3.40. The van der Waals surface area contributed by atoms with Crippen molar-refractivity contribution >= 4 is 29.2 Å². The van der Waals surface area contributed by atoms with E-state index in [0.29, 0.717) is 19.6 Å². The first-order valence-corrected chi connectivity index (χ1v) is 15.1. The van der Waals surface area contributed by atoms with Crippen LogP contribution in [-0.2, 0) is 26.2 Å². The molecule has 1 aromatic carbocycles. The lowest BCUT2D eigenvalue weighted by Gasteiger charge is -2.32. The smallest absolute Gasteiger partial charge is 0.326 e. The number of thiazole rings is 1. The molecule has 224 valence electrons. The van der Waals surface area contributed by atoms with Gasteiger partial charge in [-0.15, -0.1) is 11.3 Å². The molecule has 3 rings (SSSR count). The minimum absolute atomic E-state index is 0.0276. The standard InChI is InChI=1S/C31H44N4O5S/c1-8-13-33(26(36)20-34-15-11-16-35(30(34)38)21-27(37)40-9-2)14-10-12-24-19-32-29(41-24)23-17-22(3)28(39-7)25(18-23)31(4,5)6/h11,16-19H,8-10,12-15,20-21H2,1-7H3. The second kappa shape index (κ2) is 14.5. The highest BCUT2D eigenvalue weighted by atomic mass is 32.1. The van der Waals surface area contributed by atoms with Crippen molar-refractivity contribution in [1.29, 1.82) is 0 Å². The summed E-state index contributed by atoms with van der Waals surface area (Å²) in [5.74, 6) is 0.349. The summed E-state index contributed by atoms with van der Waals surface area (Å²) in [6, 6.07) is 3.94. The van der Waals surface area contributed by atoms with E-state index in [0.717, 1.165) is 46.7 Å².